The first-order valence-corrected chi connectivity index (χ1v) is 6.93. The molecule has 2 atom stereocenters. The zero-order valence-electron chi connectivity index (χ0n) is 10.0. The van der Waals surface area contributed by atoms with Gasteiger partial charge in [0.2, 0.25) is 0 Å². The van der Waals surface area contributed by atoms with Crippen LogP contribution in [0, 0.1) is 11.6 Å². The lowest BCUT2D eigenvalue weighted by Crippen LogP contribution is -2.27. The molecule has 0 bridgehead atoms. The molecule has 5 heteroatoms. The van der Waals surface area contributed by atoms with Gasteiger partial charge in [-0.05, 0) is 38.1 Å². The molecule has 0 spiro atoms. The van der Waals surface area contributed by atoms with Gasteiger partial charge in [0, 0.05) is 16.7 Å². The van der Waals surface area contributed by atoms with Crippen LogP contribution in [0.2, 0.25) is 0 Å². The molecule has 0 amide bonds. The molecule has 0 saturated carbocycles. The Morgan fingerprint density at radius 3 is 2.65 bits per heavy atom. The van der Waals surface area contributed by atoms with Crippen LogP contribution < -0.4 is 5.32 Å². The average molecular weight is 261 g/mol. The fourth-order valence-electron chi connectivity index (χ4n) is 1.47. The van der Waals surface area contributed by atoms with Gasteiger partial charge in [-0.1, -0.05) is 6.92 Å². The Balaban J connectivity index is 2.55. The Hall–Kier alpha value is -0.810. The van der Waals surface area contributed by atoms with Crippen LogP contribution in [-0.4, -0.2) is 22.5 Å². The Kier molecular flexibility index (Phi) is 5.71. The Morgan fingerprint density at radius 1 is 1.35 bits per heavy atom. The van der Waals surface area contributed by atoms with Crippen LogP contribution in [-0.2, 0) is 10.8 Å². The second-order valence-electron chi connectivity index (χ2n) is 3.87. The van der Waals surface area contributed by atoms with Gasteiger partial charge < -0.3 is 5.32 Å². The van der Waals surface area contributed by atoms with Gasteiger partial charge in [0.1, 0.15) is 0 Å². The molecule has 1 aromatic rings. The van der Waals surface area contributed by atoms with E-state index in [-0.39, 0.29) is 6.04 Å². The Morgan fingerprint density at radius 2 is 2.06 bits per heavy atom. The summed E-state index contributed by atoms with van der Waals surface area (Å²) in [6, 6.07) is 3.65. The summed E-state index contributed by atoms with van der Waals surface area (Å²) >= 11 is 0. The quantitative estimate of drug-likeness (QED) is 0.852. The predicted molar refractivity (Wildman–Crippen MR) is 65.4 cm³/mol. The van der Waals surface area contributed by atoms with Crippen molar-refractivity contribution in [3.05, 3.63) is 29.8 Å². The Bertz CT molecular complexity index is 398. The maximum atomic E-state index is 12.9. The summed E-state index contributed by atoms with van der Waals surface area (Å²) < 4.78 is 37.4. The monoisotopic (exact) mass is 261 g/mol. The third-order valence-corrected chi connectivity index (χ3v) is 3.83. The number of rotatable bonds is 6. The van der Waals surface area contributed by atoms with E-state index >= 15 is 0 Å². The smallest absolute Gasteiger partial charge is 0.160 e. The van der Waals surface area contributed by atoms with E-state index in [4.69, 9.17) is 0 Å². The molecule has 0 radical (unpaired) electrons. The first-order chi connectivity index (χ1) is 8.04. The number of nitrogens with one attached hydrogen (secondary N) is 1. The fourth-order valence-corrected chi connectivity index (χ4v) is 2.73. The van der Waals surface area contributed by atoms with Crippen molar-refractivity contribution >= 4 is 10.8 Å². The molecule has 17 heavy (non-hydrogen) atoms. The summed E-state index contributed by atoms with van der Waals surface area (Å²) in [5.74, 6) is -1.42. The van der Waals surface area contributed by atoms with E-state index < -0.39 is 22.4 Å². The van der Waals surface area contributed by atoms with E-state index in [1.165, 1.54) is 6.07 Å². The molecule has 2 nitrogen and oxygen atoms in total. The van der Waals surface area contributed by atoms with Crippen LogP contribution in [0.15, 0.2) is 23.1 Å². The highest BCUT2D eigenvalue weighted by Gasteiger charge is 2.09. The van der Waals surface area contributed by atoms with Crippen LogP contribution in [0.25, 0.3) is 0 Å². The first kappa shape index (κ1) is 14.3. The molecule has 1 N–H and O–H groups in total. The van der Waals surface area contributed by atoms with Crippen molar-refractivity contribution in [3.8, 4) is 0 Å². The number of hydrogen-bond donors (Lipinski definition) is 1. The van der Waals surface area contributed by atoms with E-state index in [2.05, 4.69) is 5.32 Å². The topological polar surface area (TPSA) is 29.1 Å². The lowest BCUT2D eigenvalue weighted by molar-refractivity contribution is 0.505. The maximum Gasteiger partial charge on any atom is 0.160 e. The molecule has 0 aliphatic carbocycles. The minimum Gasteiger partial charge on any atom is -0.315 e. The molecule has 0 aliphatic heterocycles. The van der Waals surface area contributed by atoms with Crippen molar-refractivity contribution in [1.82, 2.24) is 5.32 Å². The van der Waals surface area contributed by atoms with Crippen molar-refractivity contribution in [1.29, 1.82) is 0 Å². The van der Waals surface area contributed by atoms with Crippen molar-refractivity contribution in [2.45, 2.75) is 31.2 Å². The number of hydrogen-bond acceptors (Lipinski definition) is 2. The van der Waals surface area contributed by atoms with Crippen molar-refractivity contribution < 1.29 is 13.0 Å². The van der Waals surface area contributed by atoms with Crippen LogP contribution in [0.4, 0.5) is 8.78 Å². The molecule has 1 aromatic carbocycles. The van der Waals surface area contributed by atoms with E-state index in [0.29, 0.717) is 10.6 Å². The van der Waals surface area contributed by atoms with Crippen molar-refractivity contribution in [2.75, 3.05) is 12.3 Å². The van der Waals surface area contributed by atoms with E-state index in [1.54, 1.807) is 0 Å². The number of benzene rings is 1. The van der Waals surface area contributed by atoms with E-state index in [1.807, 2.05) is 13.8 Å². The van der Waals surface area contributed by atoms with Crippen molar-refractivity contribution in [2.24, 2.45) is 0 Å². The van der Waals surface area contributed by atoms with Gasteiger partial charge in [0.15, 0.2) is 11.6 Å². The van der Waals surface area contributed by atoms with Gasteiger partial charge in [-0.3, -0.25) is 4.21 Å². The molecule has 0 aliphatic rings. The number of halogens is 2. The molecule has 2 unspecified atom stereocenters. The van der Waals surface area contributed by atoms with Gasteiger partial charge in [-0.15, -0.1) is 0 Å². The van der Waals surface area contributed by atoms with Gasteiger partial charge >= 0.3 is 0 Å². The first-order valence-electron chi connectivity index (χ1n) is 5.61. The average Bonchev–Trinajstić information content (AvgIpc) is 2.30. The summed E-state index contributed by atoms with van der Waals surface area (Å²) in [7, 11) is -1.27. The predicted octanol–water partition coefficient (Wildman–Crippen LogP) is 2.46. The van der Waals surface area contributed by atoms with Crippen LogP contribution >= 0.6 is 0 Å². The molecule has 0 heterocycles. The summed E-state index contributed by atoms with van der Waals surface area (Å²) in [5.41, 5.74) is 0. The van der Waals surface area contributed by atoms with Crippen LogP contribution in [0.3, 0.4) is 0 Å². The van der Waals surface area contributed by atoms with Gasteiger partial charge in [0.05, 0.1) is 10.8 Å². The normalized spacial score (nSPS) is 14.6. The third kappa shape index (κ3) is 4.52. The molecule has 0 aromatic heterocycles. The summed E-state index contributed by atoms with van der Waals surface area (Å²) in [6.07, 6.45) is 0.736. The zero-order valence-corrected chi connectivity index (χ0v) is 10.8. The van der Waals surface area contributed by atoms with Crippen LogP contribution in [0.5, 0.6) is 0 Å². The molecular formula is C12H17F2NOS. The third-order valence-electron chi connectivity index (χ3n) is 2.44. The van der Waals surface area contributed by atoms with Crippen LogP contribution in [0.1, 0.15) is 20.3 Å². The molecule has 0 saturated heterocycles. The maximum absolute atomic E-state index is 12.9. The highest BCUT2D eigenvalue weighted by Crippen LogP contribution is 2.13. The lowest BCUT2D eigenvalue weighted by Gasteiger charge is -2.11. The highest BCUT2D eigenvalue weighted by molar-refractivity contribution is 7.85. The summed E-state index contributed by atoms with van der Waals surface area (Å²) in [5, 5.41) is 3.20. The van der Waals surface area contributed by atoms with Gasteiger partial charge in [-0.2, -0.15) is 0 Å². The molecule has 1 rings (SSSR count). The van der Waals surface area contributed by atoms with Gasteiger partial charge in [-0.25, -0.2) is 8.78 Å². The summed E-state index contributed by atoms with van der Waals surface area (Å²) in [4.78, 5) is 0.340. The lowest BCUT2D eigenvalue weighted by atomic mass is 10.3. The van der Waals surface area contributed by atoms with E-state index in [0.717, 1.165) is 25.1 Å². The second-order valence-corrected chi connectivity index (χ2v) is 5.44. The zero-order chi connectivity index (χ0) is 12.8. The van der Waals surface area contributed by atoms with E-state index in [9.17, 15) is 13.0 Å². The highest BCUT2D eigenvalue weighted by atomic mass is 32.2. The SMILES string of the molecule is CCNC(C)CCS(=O)c1ccc(F)c(F)c1. The van der Waals surface area contributed by atoms with Gasteiger partial charge in [0.25, 0.3) is 0 Å². The molecular weight excluding hydrogens is 244 g/mol. The Labute approximate surface area is 103 Å². The molecule has 96 valence electrons. The minimum absolute atomic E-state index is 0.272. The summed E-state index contributed by atoms with van der Waals surface area (Å²) in [6.45, 7) is 4.87. The minimum atomic E-state index is -1.27. The second kappa shape index (κ2) is 6.81. The largest absolute Gasteiger partial charge is 0.315 e. The molecule has 0 fully saturated rings. The fraction of sp³-hybridized carbons (Fsp3) is 0.500. The van der Waals surface area contributed by atoms with Crippen molar-refractivity contribution in [3.63, 3.8) is 0 Å². The standard InChI is InChI=1S/C12H17F2NOS/c1-3-15-9(2)6-7-17(16)10-4-5-11(13)12(14)8-10/h4-5,8-9,15H,3,6-7H2,1-2H3.